The van der Waals surface area contributed by atoms with Gasteiger partial charge in [-0.2, -0.15) is 0 Å². The van der Waals surface area contributed by atoms with Gasteiger partial charge in [-0.1, -0.05) is 20.8 Å². The molecule has 1 aromatic rings. The van der Waals surface area contributed by atoms with E-state index in [4.69, 9.17) is 4.74 Å². The molecule has 5 heteroatoms. The summed E-state index contributed by atoms with van der Waals surface area (Å²) in [5, 5.41) is 3.43. The SMILES string of the molecule is CCCNC1(C(=O)OC)CCC(n2ccnc2C(C)C)C1. The lowest BCUT2D eigenvalue weighted by molar-refractivity contribution is -0.148. The van der Waals surface area contributed by atoms with Crippen LogP contribution in [0.25, 0.3) is 0 Å². The van der Waals surface area contributed by atoms with E-state index in [0.717, 1.165) is 38.1 Å². The zero-order valence-electron chi connectivity index (χ0n) is 13.6. The number of esters is 1. The Balaban J connectivity index is 2.19. The molecule has 0 aromatic carbocycles. The van der Waals surface area contributed by atoms with Crippen molar-refractivity contribution in [3.63, 3.8) is 0 Å². The van der Waals surface area contributed by atoms with Crippen molar-refractivity contribution in [3.8, 4) is 0 Å². The predicted molar refractivity (Wildman–Crippen MR) is 82.2 cm³/mol. The fourth-order valence-electron chi connectivity index (χ4n) is 3.32. The molecule has 0 bridgehead atoms. The molecule has 0 saturated heterocycles. The molecule has 2 unspecified atom stereocenters. The fraction of sp³-hybridized carbons (Fsp3) is 0.750. The lowest BCUT2D eigenvalue weighted by Crippen LogP contribution is -2.51. The van der Waals surface area contributed by atoms with E-state index in [1.807, 2.05) is 12.4 Å². The van der Waals surface area contributed by atoms with Gasteiger partial charge >= 0.3 is 5.97 Å². The Hall–Kier alpha value is -1.36. The van der Waals surface area contributed by atoms with Crippen LogP contribution in [0, 0.1) is 0 Å². The third-order valence-electron chi connectivity index (χ3n) is 4.39. The Morgan fingerprint density at radius 1 is 1.62 bits per heavy atom. The average Bonchev–Trinajstić information content (AvgIpc) is 3.11. The van der Waals surface area contributed by atoms with Crippen molar-refractivity contribution in [3.05, 3.63) is 18.2 Å². The second-order valence-electron chi connectivity index (χ2n) is 6.24. The van der Waals surface area contributed by atoms with Crippen molar-refractivity contribution in [2.75, 3.05) is 13.7 Å². The summed E-state index contributed by atoms with van der Waals surface area (Å²) in [7, 11) is 1.47. The lowest BCUT2D eigenvalue weighted by atomic mass is 9.97. The molecular weight excluding hydrogens is 266 g/mol. The fourth-order valence-corrected chi connectivity index (χ4v) is 3.32. The maximum atomic E-state index is 12.3. The van der Waals surface area contributed by atoms with Crippen molar-refractivity contribution in [1.82, 2.24) is 14.9 Å². The minimum atomic E-state index is -0.534. The van der Waals surface area contributed by atoms with Crippen LogP contribution in [0.4, 0.5) is 0 Å². The van der Waals surface area contributed by atoms with Gasteiger partial charge in [0.1, 0.15) is 11.4 Å². The molecular formula is C16H27N3O2. The Kier molecular flexibility index (Phi) is 5.04. The Morgan fingerprint density at radius 2 is 2.38 bits per heavy atom. The normalized spacial score (nSPS) is 25.5. The number of imidazole rings is 1. The van der Waals surface area contributed by atoms with Crippen molar-refractivity contribution in [2.45, 2.75) is 64.0 Å². The number of aromatic nitrogens is 2. The minimum Gasteiger partial charge on any atom is -0.468 e. The molecule has 5 nitrogen and oxygen atoms in total. The molecule has 1 fully saturated rings. The lowest BCUT2D eigenvalue weighted by Gasteiger charge is -2.28. The first-order valence-electron chi connectivity index (χ1n) is 7.90. The van der Waals surface area contributed by atoms with Gasteiger partial charge in [-0.05, 0) is 32.2 Å². The van der Waals surface area contributed by atoms with E-state index in [9.17, 15) is 4.79 Å². The summed E-state index contributed by atoms with van der Waals surface area (Å²) in [5.41, 5.74) is -0.534. The molecule has 0 radical (unpaired) electrons. The zero-order valence-corrected chi connectivity index (χ0v) is 13.6. The summed E-state index contributed by atoms with van der Waals surface area (Å²) in [6.07, 6.45) is 7.46. The van der Waals surface area contributed by atoms with Gasteiger partial charge in [0.15, 0.2) is 0 Å². The Bertz CT molecular complexity index is 484. The second kappa shape index (κ2) is 6.60. The first kappa shape index (κ1) is 16.0. The van der Waals surface area contributed by atoms with Gasteiger partial charge in [-0.15, -0.1) is 0 Å². The number of carbonyl (C=O) groups is 1. The number of hydrogen-bond acceptors (Lipinski definition) is 4. The van der Waals surface area contributed by atoms with Crippen LogP contribution in [-0.4, -0.2) is 34.7 Å². The van der Waals surface area contributed by atoms with Crippen LogP contribution in [0.3, 0.4) is 0 Å². The van der Waals surface area contributed by atoms with Crippen LogP contribution >= 0.6 is 0 Å². The van der Waals surface area contributed by atoms with Crippen LogP contribution in [0.2, 0.25) is 0 Å². The average molecular weight is 293 g/mol. The van der Waals surface area contributed by atoms with E-state index in [1.165, 1.54) is 7.11 Å². The van der Waals surface area contributed by atoms with Crippen molar-refractivity contribution in [1.29, 1.82) is 0 Å². The molecule has 1 saturated carbocycles. The largest absolute Gasteiger partial charge is 0.468 e. The topological polar surface area (TPSA) is 56.1 Å². The molecule has 0 spiro atoms. The van der Waals surface area contributed by atoms with E-state index in [1.54, 1.807) is 0 Å². The van der Waals surface area contributed by atoms with Gasteiger partial charge in [0.05, 0.1) is 7.11 Å². The van der Waals surface area contributed by atoms with Crippen LogP contribution < -0.4 is 5.32 Å². The van der Waals surface area contributed by atoms with Gasteiger partial charge in [-0.25, -0.2) is 4.98 Å². The molecule has 0 aliphatic heterocycles. The molecule has 2 rings (SSSR count). The molecule has 1 N–H and O–H groups in total. The van der Waals surface area contributed by atoms with Gasteiger partial charge < -0.3 is 14.6 Å². The molecule has 0 amide bonds. The zero-order chi connectivity index (χ0) is 15.5. The molecule has 2 atom stereocenters. The van der Waals surface area contributed by atoms with Gasteiger partial charge in [0, 0.05) is 24.4 Å². The maximum absolute atomic E-state index is 12.3. The number of nitrogens with one attached hydrogen (secondary N) is 1. The number of rotatable bonds is 6. The van der Waals surface area contributed by atoms with Crippen LogP contribution in [0.5, 0.6) is 0 Å². The van der Waals surface area contributed by atoms with Gasteiger partial charge in [0.2, 0.25) is 0 Å². The Morgan fingerprint density at radius 3 is 3.00 bits per heavy atom. The number of methoxy groups -OCH3 is 1. The molecule has 1 aromatic heterocycles. The Labute approximate surface area is 127 Å². The van der Waals surface area contributed by atoms with Gasteiger partial charge in [-0.3, -0.25) is 4.79 Å². The highest BCUT2D eigenvalue weighted by atomic mass is 16.5. The predicted octanol–water partition coefficient (Wildman–Crippen LogP) is 2.64. The van der Waals surface area contributed by atoms with Crippen LogP contribution in [0.15, 0.2) is 12.4 Å². The molecule has 1 aliphatic carbocycles. The third kappa shape index (κ3) is 3.12. The standard InChI is InChI=1S/C16H27N3O2/c1-5-8-18-16(15(20)21-4)7-6-13(11-16)19-10-9-17-14(19)12(2)3/h9-10,12-13,18H,5-8,11H2,1-4H3. The summed E-state index contributed by atoms with van der Waals surface area (Å²) in [4.78, 5) is 16.7. The summed E-state index contributed by atoms with van der Waals surface area (Å²) >= 11 is 0. The molecule has 118 valence electrons. The van der Waals surface area contributed by atoms with E-state index in [-0.39, 0.29) is 5.97 Å². The number of hydrogen-bond donors (Lipinski definition) is 1. The third-order valence-corrected chi connectivity index (χ3v) is 4.39. The summed E-state index contributed by atoms with van der Waals surface area (Å²) in [6, 6.07) is 0.313. The highest BCUT2D eigenvalue weighted by Gasteiger charge is 2.46. The monoisotopic (exact) mass is 293 g/mol. The molecule has 21 heavy (non-hydrogen) atoms. The summed E-state index contributed by atoms with van der Waals surface area (Å²) in [5.74, 6) is 1.34. The number of ether oxygens (including phenoxy) is 1. The minimum absolute atomic E-state index is 0.135. The van der Waals surface area contributed by atoms with Gasteiger partial charge in [0.25, 0.3) is 0 Å². The maximum Gasteiger partial charge on any atom is 0.326 e. The highest BCUT2D eigenvalue weighted by Crippen LogP contribution is 2.39. The first-order valence-corrected chi connectivity index (χ1v) is 7.90. The number of nitrogens with zero attached hydrogens (tertiary/aromatic N) is 2. The smallest absolute Gasteiger partial charge is 0.326 e. The van der Waals surface area contributed by atoms with E-state index in [0.29, 0.717) is 12.0 Å². The summed E-state index contributed by atoms with van der Waals surface area (Å²) in [6.45, 7) is 7.24. The van der Waals surface area contributed by atoms with Crippen molar-refractivity contribution in [2.24, 2.45) is 0 Å². The second-order valence-corrected chi connectivity index (χ2v) is 6.24. The molecule has 1 heterocycles. The van der Waals surface area contributed by atoms with Crippen molar-refractivity contribution < 1.29 is 9.53 Å². The van der Waals surface area contributed by atoms with E-state index >= 15 is 0 Å². The van der Waals surface area contributed by atoms with Crippen molar-refractivity contribution >= 4 is 5.97 Å². The summed E-state index contributed by atoms with van der Waals surface area (Å²) < 4.78 is 7.29. The van der Waals surface area contributed by atoms with E-state index in [2.05, 4.69) is 35.6 Å². The quantitative estimate of drug-likeness (QED) is 0.819. The first-order chi connectivity index (χ1) is 10.0. The molecule has 1 aliphatic rings. The highest BCUT2D eigenvalue weighted by molar-refractivity contribution is 5.81. The van der Waals surface area contributed by atoms with E-state index < -0.39 is 5.54 Å². The number of carbonyl (C=O) groups excluding carboxylic acids is 1. The van der Waals surface area contributed by atoms with Crippen LogP contribution in [-0.2, 0) is 9.53 Å². The van der Waals surface area contributed by atoms with Crippen LogP contribution in [0.1, 0.15) is 64.2 Å².